The number of ketones is 1. The van der Waals surface area contributed by atoms with Gasteiger partial charge in [0.2, 0.25) is 0 Å². The van der Waals surface area contributed by atoms with Crippen LogP contribution in [0.3, 0.4) is 0 Å². The van der Waals surface area contributed by atoms with E-state index in [1.54, 1.807) is 6.92 Å². The zero-order valence-electron chi connectivity index (χ0n) is 26.8. The lowest BCUT2D eigenvalue weighted by atomic mass is 9.60. The van der Waals surface area contributed by atoms with Crippen molar-refractivity contribution in [3.63, 3.8) is 0 Å². The maximum atomic E-state index is 11.8. The number of nitrogens with one attached hydrogen (secondary N) is 2. The largest absolute Gasteiger partial charge is 0.380 e. The number of aryl methyl sites for hydroxylation is 1. The summed E-state index contributed by atoms with van der Waals surface area (Å²) in [5, 5.41) is 8.08. The smallest absolute Gasteiger partial charge is 0.135 e. The molecule has 6 heteroatoms. The predicted octanol–water partition coefficient (Wildman–Crippen LogP) is 5.72. The van der Waals surface area contributed by atoms with Crippen LogP contribution in [0.5, 0.6) is 0 Å². The summed E-state index contributed by atoms with van der Waals surface area (Å²) in [6, 6.07) is 10.1. The van der Waals surface area contributed by atoms with Gasteiger partial charge in [0, 0.05) is 30.7 Å². The van der Waals surface area contributed by atoms with Crippen LogP contribution in [-0.4, -0.2) is 67.9 Å². The third kappa shape index (κ3) is 6.99. The van der Waals surface area contributed by atoms with Crippen molar-refractivity contribution in [1.82, 2.24) is 15.5 Å². The number of Topliss-reactive ketones (excluding diaryl/α,β-unsaturated/α-hetero) is 1. The first kappa shape index (κ1) is 30.7. The standard InChI is InChI=1S/C36H57N3O3/c1-24-5-7-27(8-6-24)23-42-31-10-12-32-30(19-31)9-11-33-34(37-26(3)38-35(32)33)29-13-15-39(16-14-29)17-18-41-22-28-20-36(4,21-28)25(2)40/h5-8,26,28-35,37-38H,9-23H2,1-4H3. The number of fused-ring (bicyclic) bond motifs is 3. The number of ether oxygens (including phenoxy) is 2. The molecular formula is C36H57N3O3. The molecule has 0 bridgehead atoms. The first-order valence-corrected chi connectivity index (χ1v) is 17.3. The number of hydrogen-bond donors (Lipinski definition) is 2. The SMILES string of the molecule is CC(=O)C1(C)CC(COCCN2CCC(C3NC(C)NC4C5CCC(OCc6ccc(C)cc6)CC5CCC34)CC2)C1. The Hall–Kier alpha value is -1.31. The molecule has 2 N–H and O–H groups in total. The van der Waals surface area contributed by atoms with E-state index in [9.17, 15) is 4.79 Å². The van der Waals surface area contributed by atoms with E-state index in [0.29, 0.717) is 36.1 Å². The van der Waals surface area contributed by atoms with Crippen molar-refractivity contribution in [2.75, 3.05) is 32.8 Å². The molecule has 6 nitrogen and oxygen atoms in total. The van der Waals surface area contributed by atoms with Crippen LogP contribution < -0.4 is 10.6 Å². The highest BCUT2D eigenvalue weighted by molar-refractivity contribution is 5.82. The Bertz CT molecular complexity index is 1030. The molecule has 1 aromatic rings. The summed E-state index contributed by atoms with van der Waals surface area (Å²) in [7, 11) is 0. The Labute approximate surface area is 255 Å². The van der Waals surface area contributed by atoms with Crippen LogP contribution in [0.25, 0.3) is 0 Å². The number of carbonyl (C=O) groups is 1. The van der Waals surface area contributed by atoms with Gasteiger partial charge in [-0.1, -0.05) is 36.8 Å². The minimum Gasteiger partial charge on any atom is -0.380 e. The van der Waals surface area contributed by atoms with E-state index in [0.717, 1.165) is 62.9 Å². The van der Waals surface area contributed by atoms with E-state index < -0.39 is 0 Å². The van der Waals surface area contributed by atoms with Gasteiger partial charge in [0.15, 0.2) is 0 Å². The summed E-state index contributed by atoms with van der Waals surface area (Å²) < 4.78 is 12.5. The first-order valence-electron chi connectivity index (χ1n) is 17.3. The van der Waals surface area contributed by atoms with Gasteiger partial charge in [0.1, 0.15) is 5.78 Å². The van der Waals surface area contributed by atoms with Crippen molar-refractivity contribution < 1.29 is 14.3 Å². The molecule has 6 rings (SSSR count). The predicted molar refractivity (Wildman–Crippen MR) is 168 cm³/mol. The summed E-state index contributed by atoms with van der Waals surface area (Å²) in [5.41, 5.74) is 2.53. The molecule has 2 saturated heterocycles. The van der Waals surface area contributed by atoms with Crippen molar-refractivity contribution >= 4 is 5.78 Å². The van der Waals surface area contributed by atoms with Gasteiger partial charge in [-0.25, -0.2) is 0 Å². The Kier molecular flexibility index (Phi) is 9.77. The second-order valence-electron chi connectivity index (χ2n) is 15.1. The zero-order valence-corrected chi connectivity index (χ0v) is 26.8. The average molecular weight is 580 g/mol. The number of likely N-dealkylation sites (tertiary alicyclic amines) is 1. The van der Waals surface area contributed by atoms with Crippen LogP contribution in [0.15, 0.2) is 24.3 Å². The highest BCUT2D eigenvalue weighted by Crippen LogP contribution is 2.48. The summed E-state index contributed by atoms with van der Waals surface area (Å²) in [5.74, 6) is 4.06. The molecule has 42 heavy (non-hydrogen) atoms. The average Bonchev–Trinajstić information content (AvgIpc) is 2.97. The van der Waals surface area contributed by atoms with Crippen LogP contribution in [0.1, 0.15) is 89.7 Å². The molecule has 0 aromatic heterocycles. The Morgan fingerprint density at radius 1 is 0.952 bits per heavy atom. The fourth-order valence-electron chi connectivity index (χ4n) is 9.49. The molecule has 234 valence electrons. The fourth-order valence-corrected chi connectivity index (χ4v) is 9.49. The molecule has 3 saturated carbocycles. The summed E-state index contributed by atoms with van der Waals surface area (Å²) in [4.78, 5) is 14.4. The van der Waals surface area contributed by atoms with Crippen LogP contribution in [0, 0.1) is 41.9 Å². The van der Waals surface area contributed by atoms with Crippen molar-refractivity contribution in [3.8, 4) is 0 Å². The molecule has 3 aliphatic carbocycles. The monoisotopic (exact) mass is 579 g/mol. The summed E-state index contributed by atoms with van der Waals surface area (Å²) >= 11 is 0. The number of nitrogens with zero attached hydrogens (tertiary/aromatic N) is 1. The lowest BCUT2D eigenvalue weighted by Gasteiger charge is -2.55. The molecule has 0 spiro atoms. The quantitative estimate of drug-likeness (QED) is 0.346. The lowest BCUT2D eigenvalue weighted by molar-refractivity contribution is -0.134. The van der Waals surface area contributed by atoms with Gasteiger partial charge in [-0.05, 0) is 127 Å². The van der Waals surface area contributed by atoms with E-state index >= 15 is 0 Å². The van der Waals surface area contributed by atoms with Gasteiger partial charge in [-0.3, -0.25) is 15.4 Å². The van der Waals surface area contributed by atoms with Crippen LogP contribution in [-0.2, 0) is 20.9 Å². The molecule has 7 unspecified atom stereocenters. The molecule has 2 heterocycles. The van der Waals surface area contributed by atoms with E-state index in [1.165, 1.54) is 69.2 Å². The Balaban J connectivity index is 0.931. The molecule has 1 aromatic carbocycles. The minimum absolute atomic E-state index is 0.0793. The van der Waals surface area contributed by atoms with Gasteiger partial charge in [-0.2, -0.15) is 0 Å². The molecular weight excluding hydrogens is 522 g/mol. The van der Waals surface area contributed by atoms with Crippen LogP contribution in [0.4, 0.5) is 0 Å². The number of carbonyl (C=O) groups excluding carboxylic acids is 1. The minimum atomic E-state index is -0.0793. The van der Waals surface area contributed by atoms with Crippen molar-refractivity contribution in [3.05, 3.63) is 35.4 Å². The van der Waals surface area contributed by atoms with Crippen molar-refractivity contribution in [2.45, 2.75) is 116 Å². The Morgan fingerprint density at radius 3 is 2.40 bits per heavy atom. The first-order chi connectivity index (χ1) is 20.3. The number of piperidine rings is 1. The molecule has 0 amide bonds. The van der Waals surface area contributed by atoms with Gasteiger partial charge in [-0.15, -0.1) is 0 Å². The van der Waals surface area contributed by atoms with E-state index in [1.807, 2.05) is 0 Å². The van der Waals surface area contributed by atoms with Gasteiger partial charge >= 0.3 is 0 Å². The lowest BCUT2D eigenvalue weighted by Crippen LogP contribution is -2.68. The topological polar surface area (TPSA) is 62.8 Å². The number of benzene rings is 1. The third-order valence-corrected chi connectivity index (χ3v) is 12.1. The van der Waals surface area contributed by atoms with Gasteiger partial charge in [0.05, 0.1) is 25.5 Å². The molecule has 7 atom stereocenters. The summed E-state index contributed by atoms with van der Waals surface area (Å²) in [6.07, 6.45) is 11.9. The summed E-state index contributed by atoms with van der Waals surface area (Å²) in [6.45, 7) is 14.2. The van der Waals surface area contributed by atoms with Crippen LogP contribution in [0.2, 0.25) is 0 Å². The fraction of sp³-hybridized carbons (Fsp3) is 0.806. The molecule has 2 aliphatic heterocycles. The number of rotatable bonds is 10. The van der Waals surface area contributed by atoms with Crippen molar-refractivity contribution in [2.24, 2.45) is 35.0 Å². The van der Waals surface area contributed by atoms with E-state index in [-0.39, 0.29) is 5.41 Å². The maximum Gasteiger partial charge on any atom is 0.135 e. The normalized spacial score (nSPS) is 39.2. The second-order valence-corrected chi connectivity index (χ2v) is 15.1. The van der Waals surface area contributed by atoms with Crippen LogP contribution >= 0.6 is 0 Å². The highest BCUT2D eigenvalue weighted by Gasteiger charge is 2.49. The molecule has 5 fully saturated rings. The van der Waals surface area contributed by atoms with Crippen molar-refractivity contribution in [1.29, 1.82) is 0 Å². The Morgan fingerprint density at radius 2 is 1.67 bits per heavy atom. The second kappa shape index (κ2) is 13.4. The molecule has 0 radical (unpaired) electrons. The van der Waals surface area contributed by atoms with Gasteiger partial charge < -0.3 is 14.4 Å². The maximum absolute atomic E-state index is 11.8. The molecule has 5 aliphatic rings. The van der Waals surface area contributed by atoms with E-state index in [2.05, 4.69) is 60.6 Å². The highest BCUT2D eigenvalue weighted by atomic mass is 16.5. The zero-order chi connectivity index (χ0) is 29.3. The number of hydrogen-bond acceptors (Lipinski definition) is 6. The third-order valence-electron chi connectivity index (χ3n) is 12.1. The van der Waals surface area contributed by atoms with E-state index in [4.69, 9.17) is 9.47 Å². The van der Waals surface area contributed by atoms with Gasteiger partial charge in [0.25, 0.3) is 0 Å².